The molecule has 0 aliphatic heterocycles. The van der Waals surface area contributed by atoms with Gasteiger partial charge in [-0.05, 0) is 42.8 Å². The number of halogens is 1. The summed E-state index contributed by atoms with van der Waals surface area (Å²) in [6, 6.07) is 32.7. The van der Waals surface area contributed by atoms with Gasteiger partial charge in [-0.25, -0.2) is 0 Å². The van der Waals surface area contributed by atoms with Gasteiger partial charge in [0, 0.05) is 6.42 Å². The largest absolute Gasteiger partial charge is 1.00 e. The van der Waals surface area contributed by atoms with Gasteiger partial charge in [-0.15, -0.1) is 0 Å². The zero-order valence-corrected chi connectivity index (χ0v) is 19.0. The SMILES string of the molecule is CCCC[C@H](O)CC[P+](c1ccccc1)(c1ccccc1)c1ccccc1.[Br-]. The highest BCUT2D eigenvalue weighted by Crippen LogP contribution is 2.55. The fourth-order valence-electron chi connectivity index (χ4n) is 3.81. The molecule has 0 unspecified atom stereocenters. The van der Waals surface area contributed by atoms with Gasteiger partial charge in [0.05, 0.1) is 12.3 Å². The minimum atomic E-state index is -1.80. The smallest absolute Gasteiger partial charge is 0.112 e. The Morgan fingerprint density at radius 2 is 1.07 bits per heavy atom. The lowest BCUT2D eigenvalue weighted by molar-refractivity contribution is -0.00000759. The van der Waals surface area contributed by atoms with E-state index in [2.05, 4.69) is 97.9 Å². The fourth-order valence-corrected chi connectivity index (χ4v) is 8.21. The van der Waals surface area contributed by atoms with Gasteiger partial charge in [0.1, 0.15) is 23.2 Å². The third-order valence-electron chi connectivity index (χ3n) is 5.28. The van der Waals surface area contributed by atoms with E-state index in [1.807, 2.05) is 0 Å². The summed E-state index contributed by atoms with van der Waals surface area (Å²) in [5.41, 5.74) is 0. The van der Waals surface area contributed by atoms with E-state index in [9.17, 15) is 5.11 Å². The van der Waals surface area contributed by atoms with E-state index < -0.39 is 7.26 Å². The first kappa shape index (κ1) is 22.8. The van der Waals surface area contributed by atoms with Gasteiger partial charge in [-0.1, -0.05) is 74.4 Å². The molecule has 0 bridgehead atoms. The summed E-state index contributed by atoms with van der Waals surface area (Å²) in [6.07, 6.45) is 4.74. The Kier molecular flexibility index (Phi) is 9.38. The highest BCUT2D eigenvalue weighted by Gasteiger charge is 2.44. The predicted octanol–water partition coefficient (Wildman–Crippen LogP) is 1.93. The molecule has 0 radical (unpaired) electrons. The summed E-state index contributed by atoms with van der Waals surface area (Å²) in [4.78, 5) is 0. The number of unbranched alkanes of at least 4 members (excludes halogenated alkanes) is 1. The van der Waals surface area contributed by atoms with Crippen LogP contribution < -0.4 is 32.9 Å². The van der Waals surface area contributed by atoms with Gasteiger partial charge >= 0.3 is 0 Å². The Labute approximate surface area is 180 Å². The van der Waals surface area contributed by atoms with Crippen LogP contribution in [0, 0.1) is 0 Å². The zero-order valence-electron chi connectivity index (χ0n) is 16.5. The summed E-state index contributed by atoms with van der Waals surface area (Å²) in [5.74, 6) is 0. The summed E-state index contributed by atoms with van der Waals surface area (Å²) < 4.78 is 0. The predicted molar refractivity (Wildman–Crippen MR) is 120 cm³/mol. The number of rotatable bonds is 9. The van der Waals surface area contributed by atoms with Crippen molar-refractivity contribution < 1.29 is 22.1 Å². The summed E-state index contributed by atoms with van der Waals surface area (Å²) >= 11 is 0. The minimum absolute atomic E-state index is 0. The van der Waals surface area contributed by atoms with Crippen molar-refractivity contribution in [3.63, 3.8) is 0 Å². The van der Waals surface area contributed by atoms with Crippen LogP contribution in [0.2, 0.25) is 0 Å². The van der Waals surface area contributed by atoms with Crippen molar-refractivity contribution in [3.8, 4) is 0 Å². The van der Waals surface area contributed by atoms with Gasteiger partial charge in [0.25, 0.3) is 0 Å². The summed E-state index contributed by atoms with van der Waals surface area (Å²) in [6.45, 7) is 2.18. The van der Waals surface area contributed by atoms with E-state index in [1.165, 1.54) is 15.9 Å². The minimum Gasteiger partial charge on any atom is -1.00 e. The first-order valence-electron chi connectivity index (χ1n) is 10.0. The highest BCUT2D eigenvalue weighted by atomic mass is 79.9. The Morgan fingerprint density at radius 1 is 0.679 bits per heavy atom. The van der Waals surface area contributed by atoms with Crippen molar-refractivity contribution >= 4 is 23.2 Å². The maximum atomic E-state index is 10.6. The molecule has 0 aliphatic carbocycles. The Bertz CT molecular complexity index is 696. The average molecular weight is 457 g/mol. The van der Waals surface area contributed by atoms with Crippen LogP contribution in [0.4, 0.5) is 0 Å². The quantitative estimate of drug-likeness (QED) is 0.487. The molecule has 0 amide bonds. The topological polar surface area (TPSA) is 20.2 Å². The Hall–Kier alpha value is -1.47. The van der Waals surface area contributed by atoms with Gasteiger partial charge < -0.3 is 22.1 Å². The van der Waals surface area contributed by atoms with Crippen molar-refractivity contribution in [1.29, 1.82) is 0 Å². The van der Waals surface area contributed by atoms with Crippen molar-refractivity contribution in [1.82, 2.24) is 0 Å². The molecule has 1 N–H and O–H groups in total. The molecule has 0 saturated heterocycles. The average Bonchev–Trinajstić information content (AvgIpc) is 2.75. The molecule has 0 saturated carbocycles. The van der Waals surface area contributed by atoms with Crippen LogP contribution in [0.15, 0.2) is 91.0 Å². The van der Waals surface area contributed by atoms with Gasteiger partial charge in [-0.3, -0.25) is 0 Å². The lowest BCUT2D eigenvalue weighted by atomic mass is 10.1. The molecule has 3 heteroatoms. The number of aliphatic hydroxyl groups is 1. The van der Waals surface area contributed by atoms with Gasteiger partial charge in [-0.2, -0.15) is 0 Å². The highest BCUT2D eigenvalue weighted by molar-refractivity contribution is 7.95. The van der Waals surface area contributed by atoms with Crippen LogP contribution in [0.3, 0.4) is 0 Å². The zero-order chi connectivity index (χ0) is 19.0. The van der Waals surface area contributed by atoms with Crippen molar-refractivity contribution in [2.24, 2.45) is 0 Å². The molecule has 0 heterocycles. The maximum Gasteiger partial charge on any atom is 0.112 e. The van der Waals surface area contributed by atoms with Crippen LogP contribution in [-0.2, 0) is 0 Å². The van der Waals surface area contributed by atoms with Crippen LogP contribution in [0.1, 0.15) is 32.6 Å². The van der Waals surface area contributed by atoms with Crippen molar-refractivity contribution in [2.45, 2.75) is 38.7 Å². The molecule has 3 aromatic rings. The van der Waals surface area contributed by atoms with E-state index in [4.69, 9.17) is 0 Å². The van der Waals surface area contributed by atoms with Crippen LogP contribution >= 0.6 is 7.26 Å². The molecule has 1 nitrogen and oxygen atoms in total. The maximum absolute atomic E-state index is 10.6. The third-order valence-corrected chi connectivity index (χ3v) is 9.75. The number of hydrogen-bond donors (Lipinski definition) is 1. The van der Waals surface area contributed by atoms with E-state index in [0.717, 1.165) is 31.8 Å². The second-order valence-electron chi connectivity index (χ2n) is 7.12. The van der Waals surface area contributed by atoms with E-state index in [0.29, 0.717) is 0 Å². The van der Waals surface area contributed by atoms with Gasteiger partial charge in [0.2, 0.25) is 0 Å². The first-order chi connectivity index (χ1) is 13.3. The normalized spacial score (nSPS) is 12.2. The van der Waals surface area contributed by atoms with E-state index in [1.54, 1.807) is 0 Å². The molecule has 0 aromatic heterocycles. The molecule has 3 aromatic carbocycles. The molecule has 0 spiro atoms. The third kappa shape index (κ3) is 5.32. The second-order valence-corrected chi connectivity index (χ2v) is 10.7. The van der Waals surface area contributed by atoms with Crippen molar-refractivity contribution in [3.05, 3.63) is 91.0 Å². The van der Waals surface area contributed by atoms with E-state index >= 15 is 0 Å². The first-order valence-corrected chi connectivity index (χ1v) is 12.0. The molecule has 1 atom stereocenters. The standard InChI is InChI=1S/C25H30OP.BrH/c1-2-3-13-22(26)20-21-27(23-14-7-4-8-15-23,24-16-9-5-10-17-24)25-18-11-6-12-19-25;/h4-12,14-19,22,26H,2-3,13,20-21H2,1H3;1H/q+1;/p-1/t22-;/m0./s1. The summed E-state index contributed by atoms with van der Waals surface area (Å²) in [5, 5.41) is 14.8. The summed E-state index contributed by atoms with van der Waals surface area (Å²) in [7, 11) is -1.80. The Balaban J connectivity index is 0.00000280. The van der Waals surface area contributed by atoms with Crippen molar-refractivity contribution in [2.75, 3.05) is 6.16 Å². The number of aliphatic hydroxyl groups excluding tert-OH is 1. The second kappa shape index (κ2) is 11.5. The molecule has 3 rings (SSSR count). The van der Waals surface area contributed by atoms with E-state index in [-0.39, 0.29) is 23.1 Å². The number of hydrogen-bond acceptors (Lipinski definition) is 1. The molecule has 28 heavy (non-hydrogen) atoms. The number of benzene rings is 3. The molecule has 148 valence electrons. The molecular formula is C25H30BrOP. The van der Waals surface area contributed by atoms with Crippen LogP contribution in [0.5, 0.6) is 0 Å². The molecular weight excluding hydrogens is 427 g/mol. The monoisotopic (exact) mass is 456 g/mol. The van der Waals surface area contributed by atoms with Crippen LogP contribution in [-0.4, -0.2) is 17.4 Å². The molecule has 0 fully saturated rings. The van der Waals surface area contributed by atoms with Gasteiger partial charge in [0.15, 0.2) is 0 Å². The Morgan fingerprint density at radius 3 is 1.43 bits per heavy atom. The molecule has 0 aliphatic rings. The fraction of sp³-hybridized carbons (Fsp3) is 0.280. The van der Waals surface area contributed by atoms with Crippen LogP contribution in [0.25, 0.3) is 0 Å². The lowest BCUT2D eigenvalue weighted by Crippen LogP contribution is -3.00. The lowest BCUT2D eigenvalue weighted by Gasteiger charge is -2.28.